The molecule has 0 atom stereocenters. The van der Waals surface area contributed by atoms with Gasteiger partial charge in [0.15, 0.2) is 0 Å². The summed E-state index contributed by atoms with van der Waals surface area (Å²) in [5.74, 6) is -0.0811. The Kier molecular flexibility index (Phi) is 6.03. The summed E-state index contributed by atoms with van der Waals surface area (Å²) in [7, 11) is 0. The van der Waals surface area contributed by atoms with Crippen LogP contribution in [0, 0.1) is 20.8 Å². The molecule has 1 aromatic heterocycles. The van der Waals surface area contributed by atoms with Gasteiger partial charge < -0.3 is 15.6 Å². The van der Waals surface area contributed by atoms with Gasteiger partial charge in [0, 0.05) is 29.2 Å². The molecule has 1 amide bonds. The summed E-state index contributed by atoms with van der Waals surface area (Å²) >= 11 is 0. The molecule has 2 rings (SSSR count). The van der Waals surface area contributed by atoms with Gasteiger partial charge in [0.1, 0.15) is 0 Å². The molecule has 1 heterocycles. The van der Waals surface area contributed by atoms with Gasteiger partial charge in [-0.1, -0.05) is 12.1 Å². The van der Waals surface area contributed by atoms with Crippen molar-refractivity contribution < 1.29 is 4.79 Å². The number of halogens is 1. The number of amides is 1. The summed E-state index contributed by atoms with van der Waals surface area (Å²) in [6.45, 7) is 10.3. The largest absolute Gasteiger partial charge is 0.346 e. The molecule has 4 nitrogen and oxygen atoms in total. The van der Waals surface area contributed by atoms with Crippen molar-refractivity contribution in [3.8, 4) is 5.69 Å². The van der Waals surface area contributed by atoms with Gasteiger partial charge in [-0.05, 0) is 58.4 Å². The highest BCUT2D eigenvalue weighted by Crippen LogP contribution is 2.22. The maximum Gasteiger partial charge on any atom is 0.253 e. The van der Waals surface area contributed by atoms with Gasteiger partial charge in [0.2, 0.25) is 0 Å². The smallest absolute Gasteiger partial charge is 0.253 e. The van der Waals surface area contributed by atoms with Gasteiger partial charge >= 0.3 is 0 Å². The standard InChI is InChI=1S/C18H25N3O.ClH/c1-12-7-6-8-15(9-12)21-13(2)10-16(14(21)3)17(22)20-18(4,5)11-19;/h6-10H,11,19H2,1-5H3,(H,20,22);1H. The molecule has 0 aliphatic carbocycles. The second-order valence-electron chi connectivity index (χ2n) is 6.50. The first-order valence-corrected chi connectivity index (χ1v) is 7.54. The first-order chi connectivity index (χ1) is 10.2. The normalized spacial score (nSPS) is 11.0. The third-order valence-electron chi connectivity index (χ3n) is 3.90. The molecule has 5 heteroatoms. The highest BCUT2D eigenvalue weighted by molar-refractivity contribution is 5.96. The fourth-order valence-electron chi connectivity index (χ4n) is 2.58. The SMILES string of the molecule is Cc1cccc(-n2c(C)cc(C(=O)NC(C)(C)CN)c2C)c1.Cl. The molecule has 23 heavy (non-hydrogen) atoms. The number of carbonyl (C=O) groups is 1. The van der Waals surface area contributed by atoms with Crippen LogP contribution in [0.15, 0.2) is 30.3 Å². The maximum atomic E-state index is 12.5. The summed E-state index contributed by atoms with van der Waals surface area (Å²) in [4.78, 5) is 12.5. The van der Waals surface area contributed by atoms with Crippen molar-refractivity contribution in [3.05, 3.63) is 52.8 Å². The van der Waals surface area contributed by atoms with E-state index in [-0.39, 0.29) is 18.3 Å². The highest BCUT2D eigenvalue weighted by atomic mass is 35.5. The van der Waals surface area contributed by atoms with Crippen LogP contribution >= 0.6 is 12.4 Å². The average molecular weight is 336 g/mol. The van der Waals surface area contributed by atoms with Crippen LogP contribution < -0.4 is 11.1 Å². The summed E-state index contributed by atoms with van der Waals surface area (Å²) in [6, 6.07) is 10.2. The lowest BCUT2D eigenvalue weighted by Gasteiger charge is -2.24. The van der Waals surface area contributed by atoms with Gasteiger partial charge in [0.05, 0.1) is 5.56 Å². The minimum atomic E-state index is -0.414. The molecule has 0 spiro atoms. The van der Waals surface area contributed by atoms with E-state index >= 15 is 0 Å². The third-order valence-corrected chi connectivity index (χ3v) is 3.90. The lowest BCUT2D eigenvalue weighted by atomic mass is 10.1. The number of rotatable bonds is 4. The molecule has 0 aliphatic heterocycles. The Bertz CT molecular complexity index is 704. The van der Waals surface area contributed by atoms with E-state index in [1.807, 2.05) is 39.8 Å². The zero-order valence-electron chi connectivity index (χ0n) is 14.4. The van der Waals surface area contributed by atoms with Crippen LogP contribution in [0.1, 0.15) is 41.2 Å². The van der Waals surface area contributed by atoms with Gasteiger partial charge in [-0.3, -0.25) is 4.79 Å². The Balaban J connectivity index is 0.00000264. The fourth-order valence-corrected chi connectivity index (χ4v) is 2.58. The van der Waals surface area contributed by atoms with Gasteiger partial charge in [-0.25, -0.2) is 0 Å². The van der Waals surface area contributed by atoms with Crippen molar-refractivity contribution in [1.82, 2.24) is 9.88 Å². The van der Waals surface area contributed by atoms with E-state index in [1.54, 1.807) is 0 Å². The molecular weight excluding hydrogens is 310 g/mol. The Labute approximate surface area is 144 Å². The molecule has 0 unspecified atom stereocenters. The minimum absolute atomic E-state index is 0. The molecule has 0 fully saturated rings. The van der Waals surface area contributed by atoms with Crippen molar-refractivity contribution >= 4 is 18.3 Å². The lowest BCUT2D eigenvalue weighted by Crippen LogP contribution is -2.48. The van der Waals surface area contributed by atoms with Crippen LogP contribution in [0.3, 0.4) is 0 Å². The second kappa shape index (κ2) is 7.20. The number of nitrogens with zero attached hydrogens (tertiary/aromatic N) is 1. The van der Waals surface area contributed by atoms with Crippen LogP contribution in [-0.2, 0) is 0 Å². The Morgan fingerprint density at radius 1 is 1.22 bits per heavy atom. The van der Waals surface area contributed by atoms with E-state index in [2.05, 4.69) is 35.0 Å². The summed E-state index contributed by atoms with van der Waals surface area (Å²) in [5, 5.41) is 2.99. The van der Waals surface area contributed by atoms with Crippen molar-refractivity contribution in [2.75, 3.05) is 6.54 Å². The van der Waals surface area contributed by atoms with Crippen LogP contribution in [0.5, 0.6) is 0 Å². The molecular formula is C18H26ClN3O. The van der Waals surface area contributed by atoms with E-state index in [9.17, 15) is 4.79 Å². The number of benzene rings is 1. The number of nitrogens with one attached hydrogen (secondary N) is 1. The van der Waals surface area contributed by atoms with Crippen molar-refractivity contribution in [1.29, 1.82) is 0 Å². The van der Waals surface area contributed by atoms with Crippen LogP contribution in [-0.4, -0.2) is 22.6 Å². The van der Waals surface area contributed by atoms with E-state index < -0.39 is 5.54 Å². The van der Waals surface area contributed by atoms with Crippen molar-refractivity contribution in [3.63, 3.8) is 0 Å². The van der Waals surface area contributed by atoms with Gasteiger partial charge in [-0.15, -0.1) is 12.4 Å². The molecule has 1 aromatic carbocycles. The van der Waals surface area contributed by atoms with E-state index in [1.165, 1.54) is 5.56 Å². The Hall–Kier alpha value is -1.78. The average Bonchev–Trinajstić information content (AvgIpc) is 2.73. The summed E-state index contributed by atoms with van der Waals surface area (Å²) in [5.41, 5.74) is 10.2. The zero-order valence-corrected chi connectivity index (χ0v) is 15.3. The maximum absolute atomic E-state index is 12.5. The van der Waals surface area contributed by atoms with Crippen LogP contribution in [0.25, 0.3) is 5.69 Å². The van der Waals surface area contributed by atoms with Gasteiger partial charge in [0.25, 0.3) is 5.91 Å². The molecule has 2 aromatic rings. The quantitative estimate of drug-likeness (QED) is 0.900. The fraction of sp³-hybridized carbons (Fsp3) is 0.389. The van der Waals surface area contributed by atoms with E-state index in [4.69, 9.17) is 5.73 Å². The first kappa shape index (κ1) is 19.3. The molecule has 126 valence electrons. The Morgan fingerprint density at radius 2 is 1.87 bits per heavy atom. The van der Waals surface area contributed by atoms with Gasteiger partial charge in [-0.2, -0.15) is 0 Å². The number of carbonyl (C=O) groups excluding carboxylic acids is 1. The van der Waals surface area contributed by atoms with E-state index in [0.717, 1.165) is 17.1 Å². The highest BCUT2D eigenvalue weighted by Gasteiger charge is 2.22. The second-order valence-corrected chi connectivity index (χ2v) is 6.50. The number of aromatic nitrogens is 1. The molecule has 3 N–H and O–H groups in total. The lowest BCUT2D eigenvalue weighted by molar-refractivity contribution is 0.0915. The predicted molar refractivity (Wildman–Crippen MR) is 97.8 cm³/mol. The number of nitrogens with two attached hydrogens (primary N) is 1. The van der Waals surface area contributed by atoms with Crippen molar-refractivity contribution in [2.45, 2.75) is 40.2 Å². The van der Waals surface area contributed by atoms with Crippen LogP contribution in [0.2, 0.25) is 0 Å². The Morgan fingerprint density at radius 3 is 2.43 bits per heavy atom. The van der Waals surface area contributed by atoms with Crippen molar-refractivity contribution in [2.24, 2.45) is 5.73 Å². The summed E-state index contributed by atoms with van der Waals surface area (Å²) in [6.07, 6.45) is 0. The molecule has 0 radical (unpaired) electrons. The number of hydrogen-bond acceptors (Lipinski definition) is 2. The molecule has 0 saturated heterocycles. The molecule has 0 saturated carbocycles. The minimum Gasteiger partial charge on any atom is -0.346 e. The topological polar surface area (TPSA) is 60.0 Å². The van der Waals surface area contributed by atoms with E-state index in [0.29, 0.717) is 12.1 Å². The predicted octanol–water partition coefficient (Wildman–Crippen LogP) is 3.29. The molecule has 0 aliphatic rings. The third kappa shape index (κ3) is 4.15. The number of aryl methyl sites for hydroxylation is 2. The number of hydrogen-bond donors (Lipinski definition) is 2. The first-order valence-electron chi connectivity index (χ1n) is 7.54. The zero-order chi connectivity index (χ0) is 16.5. The summed E-state index contributed by atoms with van der Waals surface area (Å²) < 4.78 is 2.11. The monoisotopic (exact) mass is 335 g/mol. The molecule has 0 bridgehead atoms. The van der Waals surface area contributed by atoms with Crippen LogP contribution in [0.4, 0.5) is 0 Å².